The van der Waals surface area contributed by atoms with Crippen LogP contribution in [0.3, 0.4) is 0 Å². The van der Waals surface area contributed by atoms with Crippen LogP contribution in [-0.4, -0.2) is 11.6 Å². The van der Waals surface area contributed by atoms with E-state index < -0.39 is 0 Å². The van der Waals surface area contributed by atoms with Gasteiger partial charge in [-0.05, 0) is 45.9 Å². The Balaban J connectivity index is 1.80. The summed E-state index contributed by atoms with van der Waals surface area (Å²) in [5.41, 5.74) is 0. The Kier molecular flexibility index (Phi) is 5.32. The summed E-state index contributed by atoms with van der Waals surface area (Å²) in [4.78, 5) is 24.7. The molecule has 0 aliphatic carbocycles. The molecule has 0 aliphatic heterocycles. The van der Waals surface area contributed by atoms with Crippen LogP contribution in [0, 0.1) is 0 Å². The maximum atomic E-state index is 11.6. The number of rotatable bonds is 6. The molecule has 0 amide bonds. The molecule has 96 valence electrons. The first-order chi connectivity index (χ1) is 9.27. The Hall–Kier alpha value is -1.43. The first kappa shape index (κ1) is 14.0. The highest BCUT2D eigenvalue weighted by atomic mass is 32.2. The van der Waals surface area contributed by atoms with Crippen molar-refractivity contribution >= 4 is 46.0 Å². The standard InChI is InChI=1S/C14H10O2S3/c15-11(13-3-1-7-18-13)5-9-17-10-6-12(16)14-4-2-8-19-14/h1-10H/b9-5+,10-6+. The Morgan fingerprint density at radius 1 is 0.895 bits per heavy atom. The predicted molar refractivity (Wildman–Crippen MR) is 83.2 cm³/mol. The molecule has 0 radical (unpaired) electrons. The molecule has 0 aliphatic rings. The second-order valence-electron chi connectivity index (χ2n) is 3.42. The van der Waals surface area contributed by atoms with E-state index in [9.17, 15) is 9.59 Å². The van der Waals surface area contributed by atoms with E-state index in [1.165, 1.54) is 46.6 Å². The molecule has 0 atom stereocenters. The van der Waals surface area contributed by atoms with E-state index in [-0.39, 0.29) is 11.6 Å². The highest BCUT2D eigenvalue weighted by Crippen LogP contribution is 2.13. The molecule has 2 heterocycles. The number of thioether (sulfide) groups is 1. The van der Waals surface area contributed by atoms with Crippen LogP contribution in [0.1, 0.15) is 19.3 Å². The van der Waals surface area contributed by atoms with Crippen molar-refractivity contribution in [3.63, 3.8) is 0 Å². The molecule has 0 spiro atoms. The average molecular weight is 306 g/mol. The van der Waals surface area contributed by atoms with Crippen molar-refractivity contribution in [3.8, 4) is 0 Å². The van der Waals surface area contributed by atoms with Crippen molar-refractivity contribution in [2.24, 2.45) is 0 Å². The summed E-state index contributed by atoms with van der Waals surface area (Å²) in [5.74, 6) is -0.0269. The largest absolute Gasteiger partial charge is 0.288 e. The second kappa shape index (κ2) is 7.23. The van der Waals surface area contributed by atoms with Crippen molar-refractivity contribution in [1.82, 2.24) is 0 Å². The highest BCUT2D eigenvalue weighted by molar-refractivity contribution is 8.04. The second-order valence-corrected chi connectivity index (χ2v) is 6.14. The summed E-state index contributed by atoms with van der Waals surface area (Å²) >= 11 is 4.15. The Morgan fingerprint density at radius 2 is 1.37 bits per heavy atom. The van der Waals surface area contributed by atoms with Gasteiger partial charge in [-0.2, -0.15) is 0 Å². The number of thiophene rings is 2. The molecule has 2 aromatic heterocycles. The van der Waals surface area contributed by atoms with Crippen molar-refractivity contribution < 1.29 is 9.59 Å². The van der Waals surface area contributed by atoms with Gasteiger partial charge in [0.15, 0.2) is 11.6 Å². The summed E-state index contributed by atoms with van der Waals surface area (Å²) in [5, 5.41) is 7.10. The van der Waals surface area contributed by atoms with E-state index in [4.69, 9.17) is 0 Å². The molecule has 2 rings (SSSR count). The molecule has 0 unspecified atom stereocenters. The van der Waals surface area contributed by atoms with Gasteiger partial charge < -0.3 is 0 Å². The lowest BCUT2D eigenvalue weighted by atomic mass is 10.3. The average Bonchev–Trinajstić information content (AvgIpc) is 3.10. The van der Waals surface area contributed by atoms with Gasteiger partial charge in [0.2, 0.25) is 0 Å². The third-order valence-corrected chi connectivity index (χ3v) is 4.48. The number of ketones is 2. The minimum absolute atomic E-state index is 0.0134. The number of allylic oxidation sites excluding steroid dienone is 2. The fraction of sp³-hybridized carbons (Fsp3) is 0. The Labute approximate surface area is 123 Å². The van der Waals surface area contributed by atoms with Gasteiger partial charge in [0.1, 0.15) is 0 Å². The van der Waals surface area contributed by atoms with Crippen molar-refractivity contribution in [3.05, 3.63) is 67.7 Å². The van der Waals surface area contributed by atoms with Crippen molar-refractivity contribution in [1.29, 1.82) is 0 Å². The summed E-state index contributed by atoms with van der Waals surface area (Å²) in [6, 6.07) is 7.27. The fourth-order valence-corrected chi connectivity index (χ4v) is 3.03. The summed E-state index contributed by atoms with van der Waals surface area (Å²) in [6.07, 6.45) is 3.02. The molecular weight excluding hydrogens is 296 g/mol. The normalized spacial score (nSPS) is 11.4. The Bertz CT molecular complexity index is 538. The van der Waals surface area contributed by atoms with E-state index in [1.807, 2.05) is 22.9 Å². The molecule has 2 aromatic rings. The maximum absolute atomic E-state index is 11.6. The van der Waals surface area contributed by atoms with Gasteiger partial charge in [-0.25, -0.2) is 0 Å². The van der Waals surface area contributed by atoms with Crippen molar-refractivity contribution in [2.75, 3.05) is 0 Å². The van der Waals surface area contributed by atoms with Gasteiger partial charge in [-0.3, -0.25) is 9.59 Å². The van der Waals surface area contributed by atoms with Crippen LogP contribution in [0.25, 0.3) is 0 Å². The van der Waals surface area contributed by atoms with E-state index >= 15 is 0 Å². The highest BCUT2D eigenvalue weighted by Gasteiger charge is 2.01. The first-order valence-corrected chi connectivity index (χ1v) is 8.12. The van der Waals surface area contributed by atoms with Gasteiger partial charge >= 0.3 is 0 Å². The topological polar surface area (TPSA) is 34.1 Å². The number of carbonyl (C=O) groups excluding carboxylic acids is 2. The minimum Gasteiger partial charge on any atom is -0.288 e. The van der Waals surface area contributed by atoms with Gasteiger partial charge in [-0.1, -0.05) is 12.1 Å². The molecule has 0 N–H and O–H groups in total. The van der Waals surface area contributed by atoms with Crippen LogP contribution in [0.5, 0.6) is 0 Å². The van der Waals surface area contributed by atoms with Crippen LogP contribution in [0.4, 0.5) is 0 Å². The zero-order chi connectivity index (χ0) is 13.5. The number of hydrogen-bond acceptors (Lipinski definition) is 5. The number of hydrogen-bond donors (Lipinski definition) is 0. The number of carbonyl (C=O) groups is 2. The van der Waals surface area contributed by atoms with Gasteiger partial charge in [0.05, 0.1) is 9.75 Å². The predicted octanol–water partition coefficient (Wildman–Crippen LogP) is 4.64. The van der Waals surface area contributed by atoms with Crippen molar-refractivity contribution in [2.45, 2.75) is 0 Å². The summed E-state index contributed by atoms with van der Waals surface area (Å²) in [6.45, 7) is 0. The molecule has 0 bridgehead atoms. The SMILES string of the molecule is O=C(/C=C/S/C=C/C(=O)c1cccs1)c1cccs1. The van der Waals surface area contributed by atoms with E-state index in [1.54, 1.807) is 22.9 Å². The minimum atomic E-state index is -0.0134. The van der Waals surface area contributed by atoms with Crippen LogP contribution in [0.2, 0.25) is 0 Å². The van der Waals surface area contributed by atoms with Gasteiger partial charge in [-0.15, -0.1) is 34.4 Å². The molecule has 0 saturated carbocycles. The smallest absolute Gasteiger partial charge is 0.196 e. The first-order valence-electron chi connectivity index (χ1n) is 5.41. The maximum Gasteiger partial charge on any atom is 0.196 e. The molecule has 5 heteroatoms. The van der Waals surface area contributed by atoms with Crippen LogP contribution < -0.4 is 0 Å². The molecule has 19 heavy (non-hydrogen) atoms. The van der Waals surface area contributed by atoms with Gasteiger partial charge in [0.25, 0.3) is 0 Å². The third kappa shape index (κ3) is 4.31. The lowest BCUT2D eigenvalue weighted by Gasteiger charge is -1.88. The van der Waals surface area contributed by atoms with Gasteiger partial charge in [0, 0.05) is 0 Å². The molecule has 0 saturated heterocycles. The zero-order valence-electron chi connectivity index (χ0n) is 9.81. The lowest BCUT2D eigenvalue weighted by Crippen LogP contribution is -1.88. The zero-order valence-corrected chi connectivity index (χ0v) is 12.3. The van der Waals surface area contributed by atoms with Crippen LogP contribution in [-0.2, 0) is 0 Å². The van der Waals surface area contributed by atoms with E-state index in [2.05, 4.69) is 0 Å². The monoisotopic (exact) mass is 306 g/mol. The quantitative estimate of drug-likeness (QED) is 0.576. The Morgan fingerprint density at radius 3 is 1.74 bits per heavy atom. The third-order valence-electron chi connectivity index (χ3n) is 2.12. The van der Waals surface area contributed by atoms with Crippen LogP contribution in [0.15, 0.2) is 58.0 Å². The van der Waals surface area contributed by atoms with E-state index in [0.717, 1.165) is 9.75 Å². The molecular formula is C14H10O2S3. The molecule has 0 aromatic carbocycles. The lowest BCUT2D eigenvalue weighted by molar-refractivity contribution is 0.104. The summed E-state index contributed by atoms with van der Waals surface area (Å²) < 4.78 is 0. The van der Waals surface area contributed by atoms with E-state index in [0.29, 0.717) is 0 Å². The molecule has 2 nitrogen and oxygen atoms in total. The van der Waals surface area contributed by atoms with Crippen LogP contribution >= 0.6 is 34.4 Å². The molecule has 0 fully saturated rings. The summed E-state index contributed by atoms with van der Waals surface area (Å²) in [7, 11) is 0. The fourth-order valence-electron chi connectivity index (χ4n) is 1.25.